The molecule has 0 spiro atoms. The largest absolute Gasteiger partial charge is 0.431 e. The normalized spacial score (nSPS) is 11.4. The number of carbonyl (C=O) groups is 1. The van der Waals surface area contributed by atoms with Crippen molar-refractivity contribution in [3.8, 4) is 0 Å². The summed E-state index contributed by atoms with van der Waals surface area (Å²) in [7, 11) is 0. The summed E-state index contributed by atoms with van der Waals surface area (Å²) in [5.74, 6) is 1.79. The first-order chi connectivity index (χ1) is 11.5. The van der Waals surface area contributed by atoms with Gasteiger partial charge in [0.25, 0.3) is 0 Å². The minimum absolute atomic E-state index is 0.286. The Morgan fingerprint density at radius 3 is 1.96 bits per heavy atom. The van der Waals surface area contributed by atoms with Crippen LogP contribution in [-0.2, 0) is 9.53 Å². The van der Waals surface area contributed by atoms with Crippen molar-refractivity contribution >= 4 is 61.4 Å². The van der Waals surface area contributed by atoms with Crippen LogP contribution in [0.25, 0.3) is 0 Å². The standard InChI is InChI=1S/C18H16Br2O2S2/c1-13(21)22-16(12-24-18-8-4-15(20)5-9-18)10-11-23-17-6-2-14(19)3-7-17/h2-10H,11-12H2,1H3/b16-10-. The van der Waals surface area contributed by atoms with Gasteiger partial charge >= 0.3 is 5.97 Å². The molecule has 0 aliphatic carbocycles. The Morgan fingerprint density at radius 1 is 0.958 bits per heavy atom. The molecule has 0 radical (unpaired) electrons. The van der Waals surface area contributed by atoms with Crippen LogP contribution in [-0.4, -0.2) is 17.5 Å². The second kappa shape index (κ2) is 10.3. The summed E-state index contributed by atoms with van der Waals surface area (Å²) in [4.78, 5) is 13.6. The van der Waals surface area contributed by atoms with E-state index in [0.717, 1.165) is 19.6 Å². The lowest BCUT2D eigenvalue weighted by Crippen LogP contribution is -2.01. The van der Waals surface area contributed by atoms with E-state index < -0.39 is 0 Å². The van der Waals surface area contributed by atoms with Gasteiger partial charge in [0.15, 0.2) is 0 Å². The Labute approximate surface area is 167 Å². The lowest BCUT2D eigenvalue weighted by atomic mass is 10.4. The molecule has 2 rings (SSSR count). The maximum Gasteiger partial charge on any atom is 0.307 e. The van der Waals surface area contributed by atoms with Crippen molar-refractivity contribution in [3.63, 3.8) is 0 Å². The molecule has 2 aromatic carbocycles. The highest BCUT2D eigenvalue weighted by molar-refractivity contribution is 9.10. The smallest absolute Gasteiger partial charge is 0.307 e. The van der Waals surface area contributed by atoms with E-state index in [-0.39, 0.29) is 5.97 Å². The molecule has 2 aromatic rings. The SMILES string of the molecule is CC(=O)O/C(=C\CSc1ccc(Br)cc1)CSc1ccc(Br)cc1. The molecule has 6 heteroatoms. The first kappa shape index (κ1) is 19.6. The van der Waals surface area contributed by atoms with Crippen molar-refractivity contribution in [2.75, 3.05) is 11.5 Å². The monoisotopic (exact) mass is 486 g/mol. The van der Waals surface area contributed by atoms with Crippen LogP contribution in [0, 0.1) is 0 Å². The van der Waals surface area contributed by atoms with Crippen LogP contribution in [0.3, 0.4) is 0 Å². The third-order valence-corrected chi connectivity index (χ3v) is 5.87. The molecule has 0 N–H and O–H groups in total. The Kier molecular flexibility index (Phi) is 8.45. The van der Waals surface area contributed by atoms with Crippen LogP contribution in [0.2, 0.25) is 0 Å². The fraction of sp³-hybridized carbons (Fsp3) is 0.167. The van der Waals surface area contributed by atoms with E-state index in [0.29, 0.717) is 11.5 Å². The van der Waals surface area contributed by atoms with E-state index in [4.69, 9.17) is 4.74 Å². The molecule has 0 amide bonds. The molecule has 0 saturated carbocycles. The predicted octanol–water partition coefficient (Wildman–Crippen LogP) is 6.54. The lowest BCUT2D eigenvalue weighted by molar-refractivity contribution is -0.136. The van der Waals surface area contributed by atoms with Crippen LogP contribution in [0.4, 0.5) is 0 Å². The van der Waals surface area contributed by atoms with Crippen LogP contribution < -0.4 is 0 Å². The average molecular weight is 488 g/mol. The summed E-state index contributed by atoms with van der Waals surface area (Å²) in [5, 5.41) is 0. The number of hydrogen-bond donors (Lipinski definition) is 0. The molecule has 0 saturated heterocycles. The quantitative estimate of drug-likeness (QED) is 0.251. The molecule has 0 unspecified atom stereocenters. The Balaban J connectivity index is 1.92. The summed E-state index contributed by atoms with van der Waals surface area (Å²) in [6.07, 6.45) is 1.97. The van der Waals surface area contributed by atoms with Crippen LogP contribution in [0.5, 0.6) is 0 Å². The van der Waals surface area contributed by atoms with Gasteiger partial charge in [-0.3, -0.25) is 4.79 Å². The van der Waals surface area contributed by atoms with Crippen LogP contribution in [0.1, 0.15) is 6.92 Å². The second-order valence-electron chi connectivity index (χ2n) is 4.77. The Morgan fingerprint density at radius 2 is 1.46 bits per heavy atom. The van der Waals surface area contributed by atoms with E-state index >= 15 is 0 Å². The number of halogens is 2. The molecule has 0 atom stereocenters. The lowest BCUT2D eigenvalue weighted by Gasteiger charge is -2.08. The van der Waals surface area contributed by atoms with E-state index in [9.17, 15) is 4.79 Å². The molecule has 0 heterocycles. The third kappa shape index (κ3) is 7.47. The summed E-state index contributed by atoms with van der Waals surface area (Å²) in [6.45, 7) is 1.43. The van der Waals surface area contributed by atoms with Crippen LogP contribution >= 0.6 is 55.4 Å². The molecule has 24 heavy (non-hydrogen) atoms. The number of carbonyl (C=O) groups excluding carboxylic acids is 1. The van der Waals surface area contributed by atoms with Gasteiger partial charge in [0, 0.05) is 31.4 Å². The van der Waals surface area contributed by atoms with Crippen molar-refractivity contribution in [1.29, 1.82) is 0 Å². The molecule has 0 aliphatic heterocycles. The number of esters is 1. The Bertz CT molecular complexity index is 698. The van der Waals surface area contributed by atoms with Gasteiger partial charge in [0.2, 0.25) is 0 Å². The molecule has 0 aliphatic rings. The minimum Gasteiger partial charge on any atom is -0.431 e. The summed E-state index contributed by atoms with van der Waals surface area (Å²) in [6, 6.07) is 16.2. The van der Waals surface area contributed by atoms with Crippen molar-refractivity contribution in [1.82, 2.24) is 0 Å². The first-order valence-electron chi connectivity index (χ1n) is 7.17. The molecule has 0 aromatic heterocycles. The fourth-order valence-corrected chi connectivity index (χ4v) is 3.89. The minimum atomic E-state index is -0.286. The highest BCUT2D eigenvalue weighted by Crippen LogP contribution is 2.25. The zero-order chi connectivity index (χ0) is 17.4. The summed E-state index contributed by atoms with van der Waals surface area (Å²) in [5.41, 5.74) is 0. The van der Waals surface area contributed by atoms with E-state index in [1.165, 1.54) is 11.8 Å². The maximum atomic E-state index is 11.3. The Hall–Kier alpha value is -0.690. The van der Waals surface area contributed by atoms with E-state index in [1.54, 1.807) is 23.5 Å². The van der Waals surface area contributed by atoms with Crippen LogP contribution in [0.15, 0.2) is 79.1 Å². The van der Waals surface area contributed by atoms with Crippen molar-refractivity contribution in [2.24, 2.45) is 0 Å². The molecule has 0 fully saturated rings. The molecule has 126 valence electrons. The molecule has 2 nitrogen and oxygen atoms in total. The van der Waals surface area contributed by atoms with Gasteiger partial charge in [0.05, 0.1) is 5.75 Å². The van der Waals surface area contributed by atoms with Gasteiger partial charge in [0.1, 0.15) is 5.76 Å². The van der Waals surface area contributed by atoms with Crippen molar-refractivity contribution in [2.45, 2.75) is 16.7 Å². The topological polar surface area (TPSA) is 26.3 Å². The number of thioether (sulfide) groups is 2. The van der Waals surface area contributed by atoms with Gasteiger partial charge in [-0.1, -0.05) is 31.9 Å². The molecular weight excluding hydrogens is 472 g/mol. The van der Waals surface area contributed by atoms with Crippen molar-refractivity contribution < 1.29 is 9.53 Å². The highest BCUT2D eigenvalue weighted by Gasteiger charge is 2.04. The van der Waals surface area contributed by atoms with E-state index in [1.807, 2.05) is 42.5 Å². The van der Waals surface area contributed by atoms with Gasteiger partial charge in [-0.2, -0.15) is 0 Å². The van der Waals surface area contributed by atoms with Crippen molar-refractivity contribution in [3.05, 3.63) is 69.3 Å². The number of hydrogen-bond acceptors (Lipinski definition) is 4. The third-order valence-electron chi connectivity index (χ3n) is 2.84. The summed E-state index contributed by atoms with van der Waals surface area (Å²) < 4.78 is 7.44. The second-order valence-corrected chi connectivity index (χ2v) is 8.75. The first-order valence-corrected chi connectivity index (χ1v) is 10.7. The maximum absolute atomic E-state index is 11.3. The molecular formula is C18H16Br2O2S2. The number of ether oxygens (including phenoxy) is 1. The fourth-order valence-electron chi connectivity index (χ4n) is 1.76. The highest BCUT2D eigenvalue weighted by atomic mass is 79.9. The van der Waals surface area contributed by atoms with Gasteiger partial charge in [-0.15, -0.1) is 23.5 Å². The van der Waals surface area contributed by atoms with Gasteiger partial charge in [-0.05, 0) is 54.6 Å². The van der Waals surface area contributed by atoms with Gasteiger partial charge < -0.3 is 4.74 Å². The van der Waals surface area contributed by atoms with E-state index in [2.05, 4.69) is 44.0 Å². The number of benzene rings is 2. The van der Waals surface area contributed by atoms with Gasteiger partial charge in [-0.25, -0.2) is 0 Å². The number of rotatable bonds is 7. The zero-order valence-corrected chi connectivity index (χ0v) is 17.8. The summed E-state index contributed by atoms with van der Waals surface area (Å²) >= 11 is 10.2. The predicted molar refractivity (Wildman–Crippen MR) is 110 cm³/mol. The molecule has 0 bridgehead atoms. The average Bonchev–Trinajstić information content (AvgIpc) is 2.55. The zero-order valence-electron chi connectivity index (χ0n) is 13.0.